The first kappa shape index (κ1) is 11.3. The monoisotopic (exact) mass is 228 g/mol. The number of carbonyl (C=O) groups excluding carboxylic acids is 1. The maximum absolute atomic E-state index is 12.0. The van der Waals surface area contributed by atoms with Gasteiger partial charge in [-0.2, -0.15) is 0 Å². The fourth-order valence-electron chi connectivity index (χ4n) is 2.39. The molecule has 2 saturated heterocycles. The SMILES string of the molecule is O=C(O)[C@@H]1CC(O)CN1C(=O)[C@H]1CCCN1. The molecule has 0 radical (unpaired) electrons. The molecule has 2 fully saturated rings. The van der Waals surface area contributed by atoms with Gasteiger partial charge < -0.3 is 20.4 Å². The largest absolute Gasteiger partial charge is 0.480 e. The van der Waals surface area contributed by atoms with Crippen molar-refractivity contribution in [2.75, 3.05) is 13.1 Å². The number of β-amino-alcohol motifs (C(OH)–C–C–N with tert-alkyl or cyclic N) is 1. The zero-order valence-corrected chi connectivity index (χ0v) is 8.93. The number of likely N-dealkylation sites (tertiary alicyclic amines) is 1. The van der Waals surface area contributed by atoms with E-state index in [1.807, 2.05) is 0 Å². The van der Waals surface area contributed by atoms with Gasteiger partial charge >= 0.3 is 5.97 Å². The van der Waals surface area contributed by atoms with E-state index in [0.29, 0.717) is 0 Å². The summed E-state index contributed by atoms with van der Waals surface area (Å²) >= 11 is 0. The first-order valence-corrected chi connectivity index (χ1v) is 5.54. The highest BCUT2D eigenvalue weighted by Crippen LogP contribution is 2.21. The predicted molar refractivity (Wildman–Crippen MR) is 54.8 cm³/mol. The van der Waals surface area contributed by atoms with Gasteiger partial charge in [0, 0.05) is 13.0 Å². The van der Waals surface area contributed by atoms with Crippen molar-refractivity contribution >= 4 is 11.9 Å². The van der Waals surface area contributed by atoms with Crippen molar-refractivity contribution < 1.29 is 19.8 Å². The van der Waals surface area contributed by atoms with Gasteiger partial charge in [0.15, 0.2) is 0 Å². The molecular formula is C10H16N2O4. The Hall–Kier alpha value is -1.14. The minimum Gasteiger partial charge on any atom is -0.480 e. The first-order chi connectivity index (χ1) is 7.59. The smallest absolute Gasteiger partial charge is 0.326 e. The number of aliphatic carboxylic acids is 1. The van der Waals surface area contributed by atoms with Crippen LogP contribution in [-0.2, 0) is 9.59 Å². The van der Waals surface area contributed by atoms with Crippen molar-refractivity contribution in [2.45, 2.75) is 37.5 Å². The summed E-state index contributed by atoms with van der Waals surface area (Å²) in [6.45, 7) is 0.929. The van der Waals surface area contributed by atoms with Gasteiger partial charge in [0.2, 0.25) is 5.91 Å². The molecule has 0 aromatic carbocycles. The maximum Gasteiger partial charge on any atom is 0.326 e. The summed E-state index contributed by atoms with van der Waals surface area (Å²) in [5.41, 5.74) is 0. The molecule has 0 spiro atoms. The van der Waals surface area contributed by atoms with E-state index in [9.17, 15) is 14.7 Å². The van der Waals surface area contributed by atoms with E-state index in [1.165, 1.54) is 4.90 Å². The van der Waals surface area contributed by atoms with Crippen molar-refractivity contribution in [3.05, 3.63) is 0 Å². The second-order valence-corrected chi connectivity index (χ2v) is 4.38. The maximum atomic E-state index is 12.0. The first-order valence-electron chi connectivity index (χ1n) is 5.54. The minimum atomic E-state index is -1.04. The van der Waals surface area contributed by atoms with Crippen molar-refractivity contribution in [1.82, 2.24) is 10.2 Å². The standard InChI is InChI=1S/C10H16N2O4/c13-6-4-8(10(15)16)12(5-6)9(14)7-2-1-3-11-7/h6-8,11,13H,1-5H2,(H,15,16)/t6?,7-,8+/m1/s1. The van der Waals surface area contributed by atoms with Gasteiger partial charge in [-0.05, 0) is 19.4 Å². The normalized spacial score (nSPS) is 34.3. The van der Waals surface area contributed by atoms with Crippen LogP contribution in [0.4, 0.5) is 0 Å². The third-order valence-electron chi connectivity index (χ3n) is 3.21. The Labute approximate surface area is 93.2 Å². The molecule has 0 aliphatic carbocycles. The topological polar surface area (TPSA) is 89.9 Å². The molecule has 6 nitrogen and oxygen atoms in total. The Morgan fingerprint density at radius 1 is 1.38 bits per heavy atom. The summed E-state index contributed by atoms with van der Waals surface area (Å²) in [4.78, 5) is 24.2. The van der Waals surface area contributed by atoms with Crippen molar-refractivity contribution in [3.63, 3.8) is 0 Å². The van der Waals surface area contributed by atoms with Gasteiger partial charge in [-0.1, -0.05) is 0 Å². The number of carbonyl (C=O) groups is 2. The second-order valence-electron chi connectivity index (χ2n) is 4.38. The average molecular weight is 228 g/mol. The number of carboxylic acid groups (broad SMARTS) is 1. The van der Waals surface area contributed by atoms with Crippen LogP contribution in [0.2, 0.25) is 0 Å². The number of rotatable bonds is 2. The van der Waals surface area contributed by atoms with E-state index in [2.05, 4.69) is 5.32 Å². The molecule has 6 heteroatoms. The van der Waals surface area contributed by atoms with Gasteiger partial charge in [-0.3, -0.25) is 4.79 Å². The Bertz CT molecular complexity index is 301. The third kappa shape index (κ3) is 2.03. The minimum absolute atomic E-state index is 0.133. The molecule has 2 aliphatic rings. The molecule has 2 aliphatic heterocycles. The Morgan fingerprint density at radius 3 is 2.69 bits per heavy atom. The zero-order chi connectivity index (χ0) is 11.7. The van der Waals surface area contributed by atoms with Crippen molar-refractivity contribution in [3.8, 4) is 0 Å². The molecule has 1 unspecified atom stereocenters. The molecule has 3 N–H and O–H groups in total. The summed E-state index contributed by atoms with van der Waals surface area (Å²) in [6, 6.07) is -1.14. The number of aliphatic hydroxyl groups is 1. The summed E-state index contributed by atoms with van der Waals surface area (Å²) in [7, 11) is 0. The summed E-state index contributed by atoms with van der Waals surface area (Å²) in [5.74, 6) is -1.23. The Kier molecular flexibility index (Phi) is 3.11. The lowest BCUT2D eigenvalue weighted by Gasteiger charge is -2.24. The van der Waals surface area contributed by atoms with Crippen LogP contribution < -0.4 is 5.32 Å². The van der Waals surface area contributed by atoms with Crippen LogP contribution in [0.15, 0.2) is 0 Å². The number of nitrogens with zero attached hydrogens (tertiary/aromatic N) is 1. The van der Waals surface area contributed by atoms with Gasteiger partial charge in [0.05, 0.1) is 12.1 Å². The van der Waals surface area contributed by atoms with E-state index < -0.39 is 18.1 Å². The molecule has 2 rings (SSSR count). The highest BCUT2D eigenvalue weighted by Gasteiger charge is 2.41. The van der Waals surface area contributed by atoms with Crippen LogP contribution in [-0.4, -0.2) is 58.3 Å². The van der Waals surface area contributed by atoms with Gasteiger partial charge in [-0.25, -0.2) is 4.79 Å². The molecule has 0 aromatic heterocycles. The zero-order valence-electron chi connectivity index (χ0n) is 8.93. The highest BCUT2D eigenvalue weighted by atomic mass is 16.4. The van der Waals surface area contributed by atoms with E-state index >= 15 is 0 Å². The highest BCUT2D eigenvalue weighted by molar-refractivity contribution is 5.87. The molecule has 3 atom stereocenters. The van der Waals surface area contributed by atoms with E-state index in [0.717, 1.165) is 19.4 Å². The molecule has 1 amide bonds. The van der Waals surface area contributed by atoms with E-state index in [4.69, 9.17) is 5.11 Å². The average Bonchev–Trinajstić information content (AvgIpc) is 2.84. The summed E-state index contributed by atoms with van der Waals surface area (Å²) in [6.07, 6.45) is 1.10. The van der Waals surface area contributed by atoms with Gasteiger partial charge in [0.25, 0.3) is 0 Å². The lowest BCUT2D eigenvalue weighted by Crippen LogP contribution is -2.48. The second kappa shape index (κ2) is 4.39. The Morgan fingerprint density at radius 2 is 2.12 bits per heavy atom. The van der Waals surface area contributed by atoms with Crippen LogP contribution in [0.3, 0.4) is 0 Å². The molecule has 16 heavy (non-hydrogen) atoms. The van der Waals surface area contributed by atoms with E-state index in [-0.39, 0.29) is 24.9 Å². The predicted octanol–water partition coefficient (Wildman–Crippen LogP) is -1.22. The molecular weight excluding hydrogens is 212 g/mol. The number of amides is 1. The fourth-order valence-corrected chi connectivity index (χ4v) is 2.39. The van der Waals surface area contributed by atoms with Gasteiger partial charge in [-0.15, -0.1) is 0 Å². The van der Waals surface area contributed by atoms with Gasteiger partial charge in [0.1, 0.15) is 6.04 Å². The molecule has 0 bridgehead atoms. The lowest BCUT2D eigenvalue weighted by atomic mass is 10.1. The number of carboxylic acids is 1. The fraction of sp³-hybridized carbons (Fsp3) is 0.800. The Balaban J connectivity index is 2.06. The van der Waals surface area contributed by atoms with Crippen LogP contribution in [0, 0.1) is 0 Å². The lowest BCUT2D eigenvalue weighted by molar-refractivity contribution is -0.148. The van der Waals surface area contributed by atoms with Crippen LogP contribution in [0.1, 0.15) is 19.3 Å². The number of aliphatic hydroxyl groups excluding tert-OH is 1. The van der Waals surface area contributed by atoms with Crippen LogP contribution in [0.5, 0.6) is 0 Å². The van der Waals surface area contributed by atoms with Crippen LogP contribution >= 0.6 is 0 Å². The molecule has 90 valence electrons. The summed E-state index contributed by atoms with van der Waals surface area (Å²) in [5, 5.41) is 21.4. The third-order valence-corrected chi connectivity index (χ3v) is 3.21. The van der Waals surface area contributed by atoms with Crippen LogP contribution in [0.25, 0.3) is 0 Å². The molecule has 2 heterocycles. The molecule has 0 aromatic rings. The summed E-state index contributed by atoms with van der Waals surface area (Å²) < 4.78 is 0. The number of nitrogens with one attached hydrogen (secondary N) is 1. The number of hydrogen-bond donors (Lipinski definition) is 3. The molecule has 0 saturated carbocycles. The van der Waals surface area contributed by atoms with E-state index in [1.54, 1.807) is 0 Å². The van der Waals surface area contributed by atoms with Crippen molar-refractivity contribution in [1.29, 1.82) is 0 Å². The van der Waals surface area contributed by atoms with Crippen molar-refractivity contribution in [2.24, 2.45) is 0 Å². The quantitative estimate of drug-likeness (QED) is 0.551. The number of hydrogen-bond acceptors (Lipinski definition) is 4.